The van der Waals surface area contributed by atoms with Crippen molar-refractivity contribution >= 4 is 39.0 Å². The third kappa shape index (κ3) is 5.81. The van der Waals surface area contributed by atoms with Crippen LogP contribution in [0.3, 0.4) is 0 Å². The van der Waals surface area contributed by atoms with E-state index >= 15 is 0 Å². The first kappa shape index (κ1) is 25.1. The minimum absolute atomic E-state index is 0.0446. The Hall–Kier alpha value is -3.96. The zero-order chi connectivity index (χ0) is 25.5. The van der Waals surface area contributed by atoms with Crippen molar-refractivity contribution < 1.29 is 14.3 Å². The number of carbonyl (C=O) groups excluding carboxylic acids is 2. The van der Waals surface area contributed by atoms with Crippen LogP contribution in [0.15, 0.2) is 61.1 Å². The fourth-order valence-electron chi connectivity index (χ4n) is 3.95. The predicted molar refractivity (Wildman–Crippen MR) is 141 cm³/mol. The molecule has 4 aromatic rings. The van der Waals surface area contributed by atoms with Gasteiger partial charge in [-0.25, -0.2) is 9.78 Å². The second-order valence-electron chi connectivity index (χ2n) is 8.46. The zero-order valence-electron chi connectivity index (χ0n) is 20.4. The van der Waals surface area contributed by atoms with E-state index in [0.717, 1.165) is 39.9 Å². The Morgan fingerprint density at radius 1 is 1.14 bits per heavy atom. The van der Waals surface area contributed by atoms with E-state index in [-0.39, 0.29) is 11.9 Å². The van der Waals surface area contributed by atoms with Crippen molar-refractivity contribution in [1.29, 1.82) is 5.26 Å². The summed E-state index contributed by atoms with van der Waals surface area (Å²) >= 11 is 1.39. The Balaban J connectivity index is 1.62. The van der Waals surface area contributed by atoms with Gasteiger partial charge in [0.25, 0.3) is 0 Å². The first-order valence-corrected chi connectivity index (χ1v) is 12.8. The maximum atomic E-state index is 13.3. The molecule has 0 unspecified atom stereocenters. The number of amides is 1. The minimum Gasteiger partial charge on any atom is -0.462 e. The molecule has 2 aromatic heterocycles. The summed E-state index contributed by atoms with van der Waals surface area (Å²) in [5.41, 5.74) is 3.35. The number of nitriles is 1. The highest BCUT2D eigenvalue weighted by Crippen LogP contribution is 2.31. The number of benzene rings is 2. The molecule has 2 aromatic carbocycles. The van der Waals surface area contributed by atoms with E-state index in [4.69, 9.17) is 10.00 Å². The number of unbranched alkanes of at least 4 members (excludes halogenated alkanes) is 1. The fraction of sp³-hybridized carbons (Fsp3) is 0.286. The van der Waals surface area contributed by atoms with Crippen molar-refractivity contribution in [2.24, 2.45) is 0 Å². The van der Waals surface area contributed by atoms with Gasteiger partial charge in [0, 0.05) is 29.5 Å². The molecule has 0 aliphatic heterocycles. The molecule has 0 aliphatic carbocycles. The van der Waals surface area contributed by atoms with Gasteiger partial charge in [-0.1, -0.05) is 25.5 Å². The number of hydrogen-bond acceptors (Lipinski definition) is 6. The number of fused-ring (bicyclic) bond motifs is 1. The number of esters is 1. The van der Waals surface area contributed by atoms with Gasteiger partial charge in [0.1, 0.15) is 4.88 Å². The lowest BCUT2D eigenvalue weighted by molar-refractivity contribution is -0.118. The lowest BCUT2D eigenvalue weighted by Gasteiger charge is -2.24. The molecule has 0 radical (unpaired) electrons. The van der Waals surface area contributed by atoms with Crippen LogP contribution in [0.2, 0.25) is 0 Å². The van der Waals surface area contributed by atoms with Gasteiger partial charge < -0.3 is 14.2 Å². The lowest BCUT2D eigenvalue weighted by Crippen LogP contribution is -2.31. The molecule has 0 aliphatic rings. The highest BCUT2D eigenvalue weighted by molar-refractivity contribution is 7.20. The Morgan fingerprint density at radius 3 is 2.67 bits per heavy atom. The molecule has 0 bridgehead atoms. The molecule has 36 heavy (non-hydrogen) atoms. The SMILES string of the molecule is CCCCC(=O)N(Cc1cncn1Cc1ccc(C#N)cc1)c1ccc2sc(C(=O)OCC)cc2c1. The topological polar surface area (TPSA) is 88.2 Å². The number of thiophene rings is 1. The van der Waals surface area contributed by atoms with Gasteiger partial charge in [-0.15, -0.1) is 11.3 Å². The summed E-state index contributed by atoms with van der Waals surface area (Å²) in [4.78, 5) is 32.2. The van der Waals surface area contributed by atoms with Crippen LogP contribution in [0, 0.1) is 11.3 Å². The fourth-order valence-corrected chi connectivity index (χ4v) is 4.89. The number of nitrogens with zero attached hydrogens (tertiary/aromatic N) is 4. The van der Waals surface area contributed by atoms with Crippen LogP contribution >= 0.6 is 11.3 Å². The van der Waals surface area contributed by atoms with Gasteiger partial charge >= 0.3 is 5.97 Å². The molecular weight excluding hydrogens is 472 g/mol. The van der Waals surface area contributed by atoms with E-state index in [1.807, 2.05) is 41.0 Å². The maximum absolute atomic E-state index is 13.3. The molecule has 2 heterocycles. The Morgan fingerprint density at radius 2 is 1.94 bits per heavy atom. The van der Waals surface area contributed by atoms with Crippen molar-refractivity contribution in [3.05, 3.63) is 82.8 Å². The molecule has 0 N–H and O–H groups in total. The maximum Gasteiger partial charge on any atom is 0.348 e. The number of hydrogen-bond donors (Lipinski definition) is 0. The quantitative estimate of drug-likeness (QED) is 0.252. The predicted octanol–water partition coefficient (Wildman–Crippen LogP) is 5.92. The van der Waals surface area contributed by atoms with Crippen molar-refractivity contribution in [2.45, 2.75) is 46.2 Å². The van der Waals surface area contributed by atoms with E-state index < -0.39 is 0 Å². The Labute approximate surface area is 214 Å². The number of rotatable bonds is 10. The summed E-state index contributed by atoms with van der Waals surface area (Å²) in [6, 6.07) is 17.3. The third-order valence-electron chi connectivity index (χ3n) is 5.89. The van der Waals surface area contributed by atoms with Gasteiger partial charge in [0.15, 0.2) is 0 Å². The van der Waals surface area contributed by atoms with Crippen LogP contribution in [-0.4, -0.2) is 28.0 Å². The molecule has 0 saturated heterocycles. The van der Waals surface area contributed by atoms with E-state index in [0.29, 0.717) is 36.6 Å². The summed E-state index contributed by atoms with van der Waals surface area (Å²) in [5, 5.41) is 9.95. The third-order valence-corrected chi connectivity index (χ3v) is 6.98. The van der Waals surface area contributed by atoms with Crippen molar-refractivity contribution in [3.8, 4) is 6.07 Å². The first-order chi connectivity index (χ1) is 17.5. The number of carbonyl (C=O) groups is 2. The number of aromatic nitrogens is 2. The lowest BCUT2D eigenvalue weighted by atomic mass is 10.1. The van der Waals surface area contributed by atoms with Crippen LogP contribution in [0.5, 0.6) is 0 Å². The summed E-state index contributed by atoms with van der Waals surface area (Å²) in [5.74, 6) is -0.286. The molecule has 1 amide bonds. The number of ether oxygens (including phenoxy) is 1. The van der Waals surface area contributed by atoms with Crippen molar-refractivity contribution in [2.75, 3.05) is 11.5 Å². The van der Waals surface area contributed by atoms with Crippen LogP contribution < -0.4 is 4.90 Å². The van der Waals surface area contributed by atoms with Crippen LogP contribution in [0.25, 0.3) is 10.1 Å². The Bertz CT molecular complexity index is 1400. The second kappa shape index (κ2) is 11.6. The average molecular weight is 501 g/mol. The van der Waals surface area contributed by atoms with E-state index in [2.05, 4.69) is 18.0 Å². The highest BCUT2D eigenvalue weighted by Gasteiger charge is 2.20. The summed E-state index contributed by atoms with van der Waals surface area (Å²) < 4.78 is 8.13. The normalized spacial score (nSPS) is 10.8. The number of imidazole rings is 1. The van der Waals surface area contributed by atoms with Crippen LogP contribution in [0.4, 0.5) is 5.69 Å². The van der Waals surface area contributed by atoms with Gasteiger partial charge in [0.2, 0.25) is 5.91 Å². The van der Waals surface area contributed by atoms with Crippen LogP contribution in [0.1, 0.15) is 59.6 Å². The van der Waals surface area contributed by atoms with Crippen molar-refractivity contribution in [1.82, 2.24) is 9.55 Å². The highest BCUT2D eigenvalue weighted by atomic mass is 32.1. The molecule has 4 rings (SSSR count). The van der Waals surface area contributed by atoms with E-state index in [9.17, 15) is 9.59 Å². The average Bonchev–Trinajstić information content (AvgIpc) is 3.52. The molecule has 0 atom stereocenters. The number of anilines is 1. The second-order valence-corrected chi connectivity index (χ2v) is 9.54. The smallest absolute Gasteiger partial charge is 0.348 e. The molecule has 0 fully saturated rings. The molecular formula is C28H28N4O3S. The molecule has 184 valence electrons. The summed E-state index contributed by atoms with van der Waals surface area (Å²) in [6.45, 7) is 5.14. The zero-order valence-corrected chi connectivity index (χ0v) is 21.3. The first-order valence-electron chi connectivity index (χ1n) is 12.0. The summed E-state index contributed by atoms with van der Waals surface area (Å²) in [6.07, 6.45) is 5.74. The molecule has 7 nitrogen and oxygen atoms in total. The molecule has 8 heteroatoms. The standard InChI is InChI=1S/C28H28N4O3S/c1-3-5-6-27(33)32(23-11-12-25-22(13-23)14-26(36-25)28(34)35-4-2)18-24-16-30-19-31(24)17-21-9-7-20(15-29)8-10-21/h7-14,16,19H,3-6,17-18H2,1-2H3. The molecule has 0 saturated carbocycles. The summed E-state index contributed by atoms with van der Waals surface area (Å²) in [7, 11) is 0. The van der Waals surface area contributed by atoms with Gasteiger partial charge in [-0.2, -0.15) is 5.26 Å². The largest absolute Gasteiger partial charge is 0.462 e. The van der Waals surface area contributed by atoms with E-state index in [1.54, 1.807) is 36.5 Å². The van der Waals surface area contributed by atoms with Gasteiger partial charge in [-0.05, 0) is 60.7 Å². The Kier molecular flexibility index (Phi) is 8.13. The molecule has 0 spiro atoms. The minimum atomic E-state index is -0.331. The van der Waals surface area contributed by atoms with Gasteiger partial charge in [-0.3, -0.25) is 4.79 Å². The van der Waals surface area contributed by atoms with E-state index in [1.165, 1.54) is 11.3 Å². The van der Waals surface area contributed by atoms with Crippen molar-refractivity contribution in [3.63, 3.8) is 0 Å². The monoisotopic (exact) mass is 500 g/mol. The van der Waals surface area contributed by atoms with Crippen LogP contribution in [-0.2, 0) is 22.6 Å². The van der Waals surface area contributed by atoms with Gasteiger partial charge in [0.05, 0.1) is 36.8 Å².